The van der Waals surface area contributed by atoms with Gasteiger partial charge in [-0.05, 0) is 75.2 Å². The van der Waals surface area contributed by atoms with Crippen molar-refractivity contribution in [1.29, 1.82) is 0 Å². The van der Waals surface area contributed by atoms with E-state index in [-0.39, 0.29) is 31.4 Å². The molecule has 0 spiro atoms. The summed E-state index contributed by atoms with van der Waals surface area (Å²) in [7, 11) is 0. The average molecular weight is 559 g/mol. The van der Waals surface area contributed by atoms with Crippen LogP contribution >= 0.6 is 23.2 Å². The molecule has 1 fully saturated rings. The Morgan fingerprint density at radius 3 is 2.55 bits per heavy atom. The van der Waals surface area contributed by atoms with E-state index in [0.717, 1.165) is 30.8 Å². The van der Waals surface area contributed by atoms with E-state index in [2.05, 4.69) is 10.2 Å². The summed E-state index contributed by atoms with van der Waals surface area (Å²) < 4.78 is 5.37. The van der Waals surface area contributed by atoms with Crippen LogP contribution < -0.4 is 5.32 Å². The minimum atomic E-state index is -0.500. The Balaban J connectivity index is 1.54. The molecule has 0 aliphatic carbocycles. The van der Waals surface area contributed by atoms with E-state index in [4.69, 9.17) is 27.9 Å². The third-order valence-corrected chi connectivity index (χ3v) is 7.85. The molecule has 2 aliphatic heterocycles. The predicted molar refractivity (Wildman–Crippen MR) is 148 cm³/mol. The quantitative estimate of drug-likeness (QED) is 0.430. The summed E-state index contributed by atoms with van der Waals surface area (Å²) in [5.41, 5.74) is 3.00. The van der Waals surface area contributed by atoms with Gasteiger partial charge in [0, 0.05) is 36.7 Å². The van der Waals surface area contributed by atoms with Gasteiger partial charge in [0.2, 0.25) is 5.91 Å². The number of allylic oxidation sites excluding steroid dienone is 1. The van der Waals surface area contributed by atoms with E-state index in [0.29, 0.717) is 33.4 Å². The molecule has 0 bridgehead atoms. The van der Waals surface area contributed by atoms with Crippen LogP contribution in [0.25, 0.3) is 0 Å². The zero-order valence-electron chi connectivity index (χ0n) is 21.8. The SMILES string of the molecule is CCOC(=O)C1=C(C)N(Cc2cccc(C(=O)NCCN3CCCC3)c2)C(=O)CC1c1ccc(Cl)c(Cl)c1. The zero-order chi connectivity index (χ0) is 27.2. The number of nitrogens with one attached hydrogen (secondary N) is 1. The third kappa shape index (κ3) is 6.57. The number of hydrogen-bond acceptors (Lipinski definition) is 5. The Morgan fingerprint density at radius 1 is 1.08 bits per heavy atom. The van der Waals surface area contributed by atoms with Crippen molar-refractivity contribution in [2.45, 2.75) is 45.6 Å². The normalized spacial score (nSPS) is 18.2. The van der Waals surface area contributed by atoms with Crippen LogP contribution in [-0.4, -0.2) is 60.4 Å². The van der Waals surface area contributed by atoms with Crippen LogP contribution in [0.1, 0.15) is 60.5 Å². The van der Waals surface area contributed by atoms with E-state index < -0.39 is 11.9 Å². The largest absolute Gasteiger partial charge is 0.463 e. The molecule has 7 nitrogen and oxygen atoms in total. The van der Waals surface area contributed by atoms with Gasteiger partial charge in [-0.25, -0.2) is 4.79 Å². The van der Waals surface area contributed by atoms with Crippen LogP contribution in [-0.2, 0) is 20.9 Å². The van der Waals surface area contributed by atoms with E-state index >= 15 is 0 Å². The highest BCUT2D eigenvalue weighted by atomic mass is 35.5. The number of ether oxygens (including phenoxy) is 1. The molecule has 202 valence electrons. The first-order valence-electron chi connectivity index (χ1n) is 13.0. The molecule has 1 saturated heterocycles. The van der Waals surface area contributed by atoms with Crippen LogP contribution in [0, 0.1) is 0 Å². The summed E-state index contributed by atoms with van der Waals surface area (Å²) in [6.07, 6.45) is 2.51. The number of likely N-dealkylation sites (tertiary alicyclic amines) is 1. The molecular formula is C29H33Cl2N3O4. The molecular weight excluding hydrogens is 525 g/mol. The van der Waals surface area contributed by atoms with Gasteiger partial charge in [0.1, 0.15) is 0 Å². The first-order valence-corrected chi connectivity index (χ1v) is 13.8. The lowest BCUT2D eigenvalue weighted by molar-refractivity contribution is -0.140. The van der Waals surface area contributed by atoms with E-state index in [1.54, 1.807) is 49.1 Å². The van der Waals surface area contributed by atoms with Crippen molar-refractivity contribution in [2.24, 2.45) is 0 Å². The summed E-state index contributed by atoms with van der Waals surface area (Å²) in [5, 5.41) is 3.75. The lowest BCUT2D eigenvalue weighted by atomic mass is 9.83. The number of benzene rings is 2. The molecule has 2 aromatic carbocycles. The minimum absolute atomic E-state index is 0.0835. The van der Waals surface area contributed by atoms with Crippen molar-refractivity contribution in [3.63, 3.8) is 0 Å². The number of hydrogen-bond donors (Lipinski definition) is 1. The minimum Gasteiger partial charge on any atom is -0.463 e. The number of carbonyl (C=O) groups excluding carboxylic acids is 3. The topological polar surface area (TPSA) is 79.0 Å². The van der Waals surface area contributed by atoms with Crippen LogP contribution in [0.2, 0.25) is 10.0 Å². The fourth-order valence-corrected chi connectivity index (χ4v) is 5.43. The highest BCUT2D eigenvalue weighted by Crippen LogP contribution is 2.39. The number of halogens is 2. The standard InChI is InChI=1S/C29H33Cl2N3O4/c1-3-38-29(37)27-19(2)34(26(35)17-23(27)21-9-10-24(30)25(31)16-21)18-20-7-6-8-22(15-20)28(36)32-11-14-33-12-4-5-13-33/h6-10,15-16,23H,3-5,11-14,17-18H2,1-2H3,(H,32,36). The lowest BCUT2D eigenvalue weighted by Crippen LogP contribution is -2.38. The Kier molecular flexibility index (Phi) is 9.47. The van der Waals surface area contributed by atoms with Crippen molar-refractivity contribution >= 4 is 41.0 Å². The Morgan fingerprint density at radius 2 is 1.84 bits per heavy atom. The third-order valence-electron chi connectivity index (χ3n) is 7.11. The van der Waals surface area contributed by atoms with Crippen molar-refractivity contribution in [1.82, 2.24) is 15.1 Å². The van der Waals surface area contributed by atoms with Crippen molar-refractivity contribution in [2.75, 3.05) is 32.8 Å². The summed E-state index contributed by atoms with van der Waals surface area (Å²) >= 11 is 12.3. The molecule has 2 aromatic rings. The molecule has 9 heteroatoms. The van der Waals surface area contributed by atoms with Gasteiger partial charge in [-0.3, -0.25) is 9.59 Å². The highest BCUT2D eigenvalue weighted by molar-refractivity contribution is 6.42. The summed E-state index contributed by atoms with van der Waals surface area (Å²) in [6.45, 7) is 7.55. The number of rotatable bonds is 9. The Hall–Kier alpha value is -2.87. The molecule has 2 heterocycles. The van der Waals surface area contributed by atoms with Crippen molar-refractivity contribution in [3.05, 3.63) is 80.5 Å². The number of carbonyl (C=O) groups is 3. The lowest BCUT2D eigenvalue weighted by Gasteiger charge is -2.34. The molecule has 4 rings (SSSR count). The molecule has 2 amide bonds. The maximum Gasteiger partial charge on any atom is 0.336 e. The fourth-order valence-electron chi connectivity index (χ4n) is 5.12. The van der Waals surface area contributed by atoms with Gasteiger partial charge in [0.05, 0.1) is 28.8 Å². The van der Waals surface area contributed by atoms with E-state index in [9.17, 15) is 14.4 Å². The summed E-state index contributed by atoms with van der Waals surface area (Å²) in [5.74, 6) is -1.24. The van der Waals surface area contributed by atoms with Gasteiger partial charge in [-0.15, -0.1) is 0 Å². The molecule has 1 atom stereocenters. The highest BCUT2D eigenvalue weighted by Gasteiger charge is 2.37. The first kappa shape index (κ1) is 28.1. The molecule has 1 unspecified atom stereocenters. The second kappa shape index (κ2) is 12.8. The van der Waals surface area contributed by atoms with E-state index in [1.807, 2.05) is 12.1 Å². The maximum absolute atomic E-state index is 13.4. The molecule has 1 N–H and O–H groups in total. The average Bonchev–Trinajstić information content (AvgIpc) is 3.41. The number of amides is 2. The van der Waals surface area contributed by atoms with Crippen LogP contribution in [0.3, 0.4) is 0 Å². The number of nitrogens with zero attached hydrogens (tertiary/aromatic N) is 2. The van der Waals surface area contributed by atoms with Crippen LogP contribution in [0.5, 0.6) is 0 Å². The Bertz CT molecular complexity index is 1240. The molecule has 2 aliphatic rings. The van der Waals surface area contributed by atoms with Gasteiger partial charge in [0.25, 0.3) is 5.91 Å². The van der Waals surface area contributed by atoms with Crippen LogP contribution in [0.4, 0.5) is 0 Å². The molecule has 0 radical (unpaired) electrons. The predicted octanol–water partition coefficient (Wildman–Crippen LogP) is 5.17. The maximum atomic E-state index is 13.4. The second-order valence-corrected chi connectivity index (χ2v) is 10.4. The summed E-state index contributed by atoms with van der Waals surface area (Å²) in [6, 6.07) is 12.4. The second-order valence-electron chi connectivity index (χ2n) is 9.63. The molecule has 38 heavy (non-hydrogen) atoms. The summed E-state index contributed by atoms with van der Waals surface area (Å²) in [4.78, 5) is 43.1. The monoisotopic (exact) mass is 557 g/mol. The fraction of sp³-hybridized carbons (Fsp3) is 0.414. The van der Waals surface area contributed by atoms with Crippen molar-refractivity contribution < 1.29 is 19.1 Å². The van der Waals surface area contributed by atoms with Gasteiger partial charge in [-0.2, -0.15) is 0 Å². The smallest absolute Gasteiger partial charge is 0.336 e. The van der Waals surface area contributed by atoms with Crippen LogP contribution in [0.15, 0.2) is 53.7 Å². The molecule has 0 aromatic heterocycles. The van der Waals surface area contributed by atoms with Gasteiger partial charge >= 0.3 is 5.97 Å². The van der Waals surface area contributed by atoms with Gasteiger partial charge in [0.15, 0.2) is 0 Å². The number of esters is 1. The van der Waals surface area contributed by atoms with E-state index in [1.165, 1.54) is 12.8 Å². The Labute approximate surface area is 233 Å². The van der Waals surface area contributed by atoms with Gasteiger partial charge in [-0.1, -0.05) is 41.4 Å². The first-order chi connectivity index (χ1) is 18.3. The molecule has 0 saturated carbocycles. The zero-order valence-corrected chi connectivity index (χ0v) is 23.3. The van der Waals surface area contributed by atoms with Gasteiger partial charge < -0.3 is 19.9 Å². The van der Waals surface area contributed by atoms with Crippen molar-refractivity contribution in [3.8, 4) is 0 Å².